The van der Waals surface area contributed by atoms with Gasteiger partial charge in [-0.05, 0) is 32.1 Å². The zero-order chi connectivity index (χ0) is 10.6. The Bertz CT molecular complexity index is 188. The van der Waals surface area contributed by atoms with E-state index in [9.17, 15) is 4.79 Å². The molecule has 82 valence electrons. The number of carbonyl (C=O) groups excluding carboxylic acids is 1. The van der Waals surface area contributed by atoms with Crippen LogP contribution in [0.4, 0.5) is 4.79 Å². The van der Waals surface area contributed by atoms with E-state index >= 15 is 0 Å². The number of nitrogens with zero attached hydrogens (tertiary/aromatic N) is 1. The second-order valence-corrected chi connectivity index (χ2v) is 4.51. The minimum atomic E-state index is 0.117. The standard InChI is InChI=1S/C11H22N2O/c1-4-13(8-9(2)3)11(14)12-10-6-5-7-10/h9-10H,4-8H2,1-3H3,(H,12,14). The lowest BCUT2D eigenvalue weighted by atomic mass is 9.93. The molecule has 14 heavy (non-hydrogen) atoms. The minimum absolute atomic E-state index is 0.117. The number of carbonyl (C=O) groups is 1. The number of nitrogens with one attached hydrogen (secondary N) is 1. The quantitative estimate of drug-likeness (QED) is 0.738. The normalized spacial score (nSPS) is 16.6. The fraction of sp³-hybridized carbons (Fsp3) is 0.909. The molecule has 1 rings (SSSR count). The molecule has 3 nitrogen and oxygen atoms in total. The molecule has 0 radical (unpaired) electrons. The van der Waals surface area contributed by atoms with Gasteiger partial charge < -0.3 is 10.2 Å². The molecule has 0 bridgehead atoms. The fourth-order valence-corrected chi connectivity index (χ4v) is 1.61. The molecule has 1 N–H and O–H groups in total. The van der Waals surface area contributed by atoms with Crippen LogP contribution in [-0.2, 0) is 0 Å². The summed E-state index contributed by atoms with van der Waals surface area (Å²) in [5.41, 5.74) is 0. The predicted octanol–water partition coefficient (Wildman–Crippen LogP) is 2.23. The first kappa shape index (κ1) is 11.3. The van der Waals surface area contributed by atoms with Gasteiger partial charge in [-0.1, -0.05) is 13.8 Å². The molecule has 0 unspecified atom stereocenters. The largest absolute Gasteiger partial charge is 0.335 e. The van der Waals surface area contributed by atoms with Crippen molar-refractivity contribution >= 4 is 6.03 Å². The maximum atomic E-state index is 11.7. The maximum absolute atomic E-state index is 11.7. The number of hydrogen-bond acceptors (Lipinski definition) is 1. The van der Waals surface area contributed by atoms with Crippen LogP contribution in [0.2, 0.25) is 0 Å². The first-order valence-corrected chi connectivity index (χ1v) is 5.69. The average molecular weight is 198 g/mol. The molecule has 0 atom stereocenters. The molecule has 0 aromatic rings. The Labute approximate surface area is 86.9 Å². The van der Waals surface area contributed by atoms with Gasteiger partial charge in [0.2, 0.25) is 0 Å². The Hall–Kier alpha value is -0.730. The van der Waals surface area contributed by atoms with E-state index in [1.165, 1.54) is 6.42 Å². The van der Waals surface area contributed by atoms with Crippen LogP contribution < -0.4 is 5.32 Å². The van der Waals surface area contributed by atoms with Crippen LogP contribution in [0.15, 0.2) is 0 Å². The van der Waals surface area contributed by atoms with E-state index in [-0.39, 0.29) is 6.03 Å². The van der Waals surface area contributed by atoms with E-state index in [1.54, 1.807) is 0 Å². The second-order valence-electron chi connectivity index (χ2n) is 4.51. The third kappa shape index (κ3) is 3.20. The van der Waals surface area contributed by atoms with Crippen molar-refractivity contribution in [1.82, 2.24) is 10.2 Å². The van der Waals surface area contributed by atoms with Gasteiger partial charge in [0, 0.05) is 19.1 Å². The van der Waals surface area contributed by atoms with Gasteiger partial charge in [-0.15, -0.1) is 0 Å². The summed E-state index contributed by atoms with van der Waals surface area (Å²) in [5.74, 6) is 0.544. The third-order valence-electron chi connectivity index (χ3n) is 2.69. The van der Waals surface area contributed by atoms with Gasteiger partial charge >= 0.3 is 6.03 Å². The topological polar surface area (TPSA) is 32.3 Å². The molecule has 3 heteroatoms. The van der Waals surface area contributed by atoms with Gasteiger partial charge in [-0.2, -0.15) is 0 Å². The monoisotopic (exact) mass is 198 g/mol. The molecule has 0 saturated heterocycles. The summed E-state index contributed by atoms with van der Waals surface area (Å²) in [7, 11) is 0. The van der Waals surface area contributed by atoms with Crippen LogP contribution in [0.1, 0.15) is 40.0 Å². The molecule has 1 saturated carbocycles. The van der Waals surface area contributed by atoms with Crippen LogP contribution in [0.3, 0.4) is 0 Å². The van der Waals surface area contributed by atoms with Crippen LogP contribution in [0.5, 0.6) is 0 Å². The third-order valence-corrected chi connectivity index (χ3v) is 2.69. The summed E-state index contributed by atoms with van der Waals surface area (Å²) < 4.78 is 0. The first-order chi connectivity index (χ1) is 6.63. The Morgan fingerprint density at radius 3 is 2.50 bits per heavy atom. The summed E-state index contributed by atoms with van der Waals surface area (Å²) >= 11 is 0. The van der Waals surface area contributed by atoms with Gasteiger partial charge in [0.05, 0.1) is 0 Å². The van der Waals surface area contributed by atoms with Crippen LogP contribution in [-0.4, -0.2) is 30.1 Å². The van der Waals surface area contributed by atoms with Gasteiger partial charge in [-0.3, -0.25) is 0 Å². The highest BCUT2D eigenvalue weighted by molar-refractivity contribution is 5.74. The molecule has 1 fully saturated rings. The van der Waals surface area contributed by atoms with Crippen LogP contribution in [0, 0.1) is 5.92 Å². The van der Waals surface area contributed by atoms with Crippen molar-refractivity contribution in [1.29, 1.82) is 0 Å². The SMILES string of the molecule is CCN(CC(C)C)C(=O)NC1CCC1. The zero-order valence-electron chi connectivity index (χ0n) is 9.55. The second kappa shape index (κ2) is 5.23. The minimum Gasteiger partial charge on any atom is -0.335 e. The van der Waals surface area contributed by atoms with Crippen molar-refractivity contribution < 1.29 is 4.79 Å². The lowest BCUT2D eigenvalue weighted by Crippen LogP contribution is -2.48. The van der Waals surface area contributed by atoms with Crippen molar-refractivity contribution in [2.75, 3.05) is 13.1 Å². The van der Waals surface area contributed by atoms with Gasteiger partial charge in [0.1, 0.15) is 0 Å². The summed E-state index contributed by atoms with van der Waals surface area (Å²) in [4.78, 5) is 13.6. The average Bonchev–Trinajstić information content (AvgIpc) is 2.06. The van der Waals surface area contributed by atoms with Gasteiger partial charge in [0.15, 0.2) is 0 Å². The molecular weight excluding hydrogens is 176 g/mol. The Kier molecular flexibility index (Phi) is 4.23. The Balaban J connectivity index is 2.30. The highest BCUT2D eigenvalue weighted by Gasteiger charge is 2.22. The van der Waals surface area contributed by atoms with E-state index < -0.39 is 0 Å². The smallest absolute Gasteiger partial charge is 0.317 e. The highest BCUT2D eigenvalue weighted by Crippen LogP contribution is 2.18. The Morgan fingerprint density at radius 1 is 1.50 bits per heavy atom. The van der Waals surface area contributed by atoms with Gasteiger partial charge in [-0.25, -0.2) is 4.79 Å². The summed E-state index contributed by atoms with van der Waals surface area (Å²) in [6.45, 7) is 7.97. The van der Waals surface area contributed by atoms with E-state index in [2.05, 4.69) is 19.2 Å². The Morgan fingerprint density at radius 2 is 2.14 bits per heavy atom. The van der Waals surface area contributed by atoms with Crippen molar-refractivity contribution in [2.45, 2.75) is 46.1 Å². The predicted molar refractivity (Wildman–Crippen MR) is 58.3 cm³/mol. The summed E-state index contributed by atoms with van der Waals surface area (Å²) in [6, 6.07) is 0.564. The van der Waals surface area contributed by atoms with E-state index in [4.69, 9.17) is 0 Å². The van der Waals surface area contributed by atoms with Crippen molar-refractivity contribution in [3.05, 3.63) is 0 Å². The van der Waals surface area contributed by atoms with Crippen molar-refractivity contribution in [3.8, 4) is 0 Å². The van der Waals surface area contributed by atoms with Crippen molar-refractivity contribution in [2.24, 2.45) is 5.92 Å². The lowest BCUT2D eigenvalue weighted by Gasteiger charge is -2.30. The van der Waals surface area contributed by atoms with E-state index in [0.29, 0.717) is 12.0 Å². The van der Waals surface area contributed by atoms with Gasteiger partial charge in [0.25, 0.3) is 0 Å². The van der Waals surface area contributed by atoms with E-state index in [1.807, 2.05) is 11.8 Å². The molecule has 2 amide bonds. The summed E-state index contributed by atoms with van der Waals surface area (Å²) in [6.07, 6.45) is 3.58. The van der Waals surface area contributed by atoms with E-state index in [0.717, 1.165) is 25.9 Å². The highest BCUT2D eigenvalue weighted by atomic mass is 16.2. The maximum Gasteiger partial charge on any atom is 0.317 e. The molecule has 0 aromatic carbocycles. The van der Waals surface area contributed by atoms with Crippen LogP contribution >= 0.6 is 0 Å². The fourth-order valence-electron chi connectivity index (χ4n) is 1.61. The molecule has 0 spiro atoms. The first-order valence-electron chi connectivity index (χ1n) is 5.69. The number of urea groups is 1. The lowest BCUT2D eigenvalue weighted by molar-refractivity contribution is 0.183. The number of rotatable bonds is 4. The summed E-state index contributed by atoms with van der Waals surface area (Å²) in [5, 5.41) is 3.06. The molecular formula is C11H22N2O. The molecule has 0 heterocycles. The molecule has 1 aliphatic rings. The van der Waals surface area contributed by atoms with Crippen LogP contribution in [0.25, 0.3) is 0 Å². The molecule has 1 aliphatic carbocycles. The molecule has 0 aliphatic heterocycles. The number of amides is 2. The van der Waals surface area contributed by atoms with Crippen molar-refractivity contribution in [3.63, 3.8) is 0 Å². The molecule has 0 aromatic heterocycles. The number of hydrogen-bond donors (Lipinski definition) is 1. The zero-order valence-corrected chi connectivity index (χ0v) is 9.55.